The van der Waals surface area contributed by atoms with Gasteiger partial charge in [0.25, 0.3) is 0 Å². The Balaban J connectivity index is 1.97. The molecule has 78 valence electrons. The molecule has 1 heterocycles. The maximum absolute atomic E-state index is 8.90. The molecule has 1 rings (SSSR count). The number of aliphatic hydroxyl groups excluding tert-OH is 2. The third-order valence-corrected chi connectivity index (χ3v) is 2.42. The molecule has 1 atom stereocenters. The second-order valence-corrected chi connectivity index (χ2v) is 3.47. The summed E-state index contributed by atoms with van der Waals surface area (Å²) >= 11 is 0. The monoisotopic (exact) mass is 189 g/mol. The molecule has 0 spiro atoms. The number of likely N-dealkylation sites (tertiary alicyclic amines) is 1. The quantitative estimate of drug-likeness (QED) is 0.543. The van der Waals surface area contributed by atoms with E-state index in [9.17, 15) is 0 Å². The summed E-state index contributed by atoms with van der Waals surface area (Å²) in [4.78, 5) is 2.29. The number of nitrogens with zero attached hydrogens (tertiary/aromatic N) is 1. The molecule has 0 aromatic carbocycles. The Hall–Kier alpha value is -0.160. The fraction of sp³-hybridized carbons (Fsp3) is 1.00. The van der Waals surface area contributed by atoms with Crippen LogP contribution in [0.25, 0.3) is 0 Å². The Labute approximate surface area is 79.1 Å². The predicted octanol–water partition coefficient (Wildman–Crippen LogP) is -0.690. The van der Waals surface area contributed by atoms with Crippen LogP contribution in [-0.2, 0) is 4.74 Å². The highest BCUT2D eigenvalue weighted by Gasteiger charge is 2.20. The molecule has 4 heteroatoms. The average Bonchev–Trinajstić information content (AvgIpc) is 2.60. The summed E-state index contributed by atoms with van der Waals surface area (Å²) in [5.74, 6) is 0.456. The van der Waals surface area contributed by atoms with Gasteiger partial charge in [0.2, 0.25) is 0 Å². The van der Waals surface area contributed by atoms with Crippen molar-refractivity contribution in [3.63, 3.8) is 0 Å². The van der Waals surface area contributed by atoms with Crippen LogP contribution in [0.5, 0.6) is 0 Å². The number of hydrogen-bond donors (Lipinski definition) is 2. The summed E-state index contributed by atoms with van der Waals surface area (Å²) in [6.45, 7) is 4.46. The van der Waals surface area contributed by atoms with Crippen molar-refractivity contribution in [2.45, 2.75) is 6.42 Å². The van der Waals surface area contributed by atoms with E-state index in [1.807, 2.05) is 0 Å². The summed E-state index contributed by atoms with van der Waals surface area (Å²) in [6, 6.07) is 0. The lowest BCUT2D eigenvalue weighted by atomic mass is 10.1. The van der Waals surface area contributed by atoms with E-state index in [2.05, 4.69) is 4.90 Å². The Morgan fingerprint density at radius 2 is 2.15 bits per heavy atom. The van der Waals surface area contributed by atoms with E-state index in [-0.39, 0.29) is 6.61 Å². The first-order valence-electron chi connectivity index (χ1n) is 4.88. The Bertz CT molecular complexity index is 132. The van der Waals surface area contributed by atoms with Crippen molar-refractivity contribution >= 4 is 0 Å². The van der Waals surface area contributed by atoms with Gasteiger partial charge in [0.1, 0.15) is 0 Å². The highest BCUT2D eigenvalue weighted by atomic mass is 16.5. The molecular formula is C9H19NO3. The third-order valence-electron chi connectivity index (χ3n) is 2.42. The summed E-state index contributed by atoms with van der Waals surface area (Å²) in [5.41, 5.74) is 0. The van der Waals surface area contributed by atoms with E-state index < -0.39 is 0 Å². The van der Waals surface area contributed by atoms with Crippen molar-refractivity contribution in [1.82, 2.24) is 4.90 Å². The van der Waals surface area contributed by atoms with E-state index in [0.717, 1.165) is 26.1 Å². The average molecular weight is 189 g/mol. The van der Waals surface area contributed by atoms with E-state index in [4.69, 9.17) is 14.9 Å². The minimum atomic E-state index is 0.0965. The molecule has 1 unspecified atom stereocenters. The van der Waals surface area contributed by atoms with Gasteiger partial charge in [0, 0.05) is 19.7 Å². The van der Waals surface area contributed by atoms with Gasteiger partial charge in [-0.15, -0.1) is 0 Å². The van der Waals surface area contributed by atoms with Gasteiger partial charge in [-0.3, -0.25) is 0 Å². The Kier molecular flexibility index (Phi) is 5.31. The maximum Gasteiger partial charge on any atom is 0.0698 e. The van der Waals surface area contributed by atoms with Crippen LogP contribution < -0.4 is 0 Å². The molecule has 4 nitrogen and oxygen atoms in total. The molecule has 0 aromatic heterocycles. The minimum absolute atomic E-state index is 0.0965. The SMILES string of the molecule is OCCOCCN1CCC(CO)C1. The highest BCUT2D eigenvalue weighted by Crippen LogP contribution is 2.14. The zero-order valence-corrected chi connectivity index (χ0v) is 7.98. The topological polar surface area (TPSA) is 52.9 Å². The molecule has 0 radical (unpaired) electrons. The molecule has 0 aromatic rings. The summed E-state index contributed by atoms with van der Waals surface area (Å²) in [7, 11) is 0. The van der Waals surface area contributed by atoms with Crippen LogP contribution in [0.2, 0.25) is 0 Å². The first-order chi connectivity index (χ1) is 6.36. The third kappa shape index (κ3) is 4.04. The van der Waals surface area contributed by atoms with Crippen LogP contribution in [-0.4, -0.2) is 61.2 Å². The molecular weight excluding hydrogens is 170 g/mol. The van der Waals surface area contributed by atoms with Gasteiger partial charge in [-0.25, -0.2) is 0 Å². The van der Waals surface area contributed by atoms with Crippen LogP contribution in [0, 0.1) is 5.92 Å². The van der Waals surface area contributed by atoms with Gasteiger partial charge >= 0.3 is 0 Å². The lowest BCUT2D eigenvalue weighted by Gasteiger charge is -2.14. The van der Waals surface area contributed by atoms with Crippen molar-refractivity contribution in [1.29, 1.82) is 0 Å². The van der Waals surface area contributed by atoms with E-state index in [1.165, 1.54) is 0 Å². The molecule has 1 aliphatic heterocycles. The van der Waals surface area contributed by atoms with E-state index >= 15 is 0 Å². The number of rotatable bonds is 6. The van der Waals surface area contributed by atoms with Crippen molar-refractivity contribution in [2.24, 2.45) is 5.92 Å². The van der Waals surface area contributed by atoms with Crippen molar-refractivity contribution in [3.05, 3.63) is 0 Å². The standard InChI is InChI=1S/C9H19NO3/c11-4-6-13-5-3-10-2-1-9(7-10)8-12/h9,11-12H,1-8H2. The first kappa shape index (κ1) is 10.9. The van der Waals surface area contributed by atoms with Crippen molar-refractivity contribution in [2.75, 3.05) is 46.1 Å². The molecule has 1 fully saturated rings. The number of hydrogen-bond acceptors (Lipinski definition) is 4. The van der Waals surface area contributed by atoms with E-state index in [1.54, 1.807) is 0 Å². The minimum Gasteiger partial charge on any atom is -0.396 e. The second-order valence-electron chi connectivity index (χ2n) is 3.47. The molecule has 0 saturated carbocycles. The van der Waals surface area contributed by atoms with Gasteiger partial charge in [-0.05, 0) is 18.9 Å². The Morgan fingerprint density at radius 1 is 1.31 bits per heavy atom. The first-order valence-corrected chi connectivity index (χ1v) is 4.88. The Morgan fingerprint density at radius 3 is 2.77 bits per heavy atom. The van der Waals surface area contributed by atoms with E-state index in [0.29, 0.717) is 25.7 Å². The largest absolute Gasteiger partial charge is 0.396 e. The molecule has 0 aliphatic carbocycles. The summed E-state index contributed by atoms with van der Waals surface area (Å²) < 4.78 is 5.16. The smallest absolute Gasteiger partial charge is 0.0698 e. The molecule has 13 heavy (non-hydrogen) atoms. The normalized spacial score (nSPS) is 24.0. The summed E-state index contributed by atoms with van der Waals surface area (Å²) in [6.07, 6.45) is 1.09. The van der Waals surface area contributed by atoms with Crippen LogP contribution in [0.4, 0.5) is 0 Å². The van der Waals surface area contributed by atoms with Gasteiger partial charge in [0.05, 0.1) is 19.8 Å². The highest BCUT2D eigenvalue weighted by molar-refractivity contribution is 4.74. The molecule has 0 bridgehead atoms. The fourth-order valence-electron chi connectivity index (χ4n) is 1.63. The van der Waals surface area contributed by atoms with Crippen LogP contribution in [0.15, 0.2) is 0 Å². The van der Waals surface area contributed by atoms with Crippen LogP contribution in [0.1, 0.15) is 6.42 Å². The lowest BCUT2D eigenvalue weighted by Crippen LogP contribution is -2.26. The lowest BCUT2D eigenvalue weighted by molar-refractivity contribution is 0.0768. The van der Waals surface area contributed by atoms with Gasteiger partial charge in [-0.2, -0.15) is 0 Å². The van der Waals surface area contributed by atoms with Crippen molar-refractivity contribution in [3.8, 4) is 0 Å². The second kappa shape index (κ2) is 6.32. The van der Waals surface area contributed by atoms with Crippen LogP contribution >= 0.6 is 0 Å². The van der Waals surface area contributed by atoms with Gasteiger partial charge < -0.3 is 19.8 Å². The maximum atomic E-state index is 8.90. The zero-order valence-electron chi connectivity index (χ0n) is 7.98. The summed E-state index contributed by atoms with van der Waals surface area (Å²) in [5, 5.41) is 17.4. The predicted molar refractivity (Wildman–Crippen MR) is 49.5 cm³/mol. The van der Waals surface area contributed by atoms with Crippen LogP contribution in [0.3, 0.4) is 0 Å². The number of aliphatic hydroxyl groups is 2. The molecule has 1 saturated heterocycles. The number of ether oxygens (including phenoxy) is 1. The molecule has 2 N–H and O–H groups in total. The molecule has 0 amide bonds. The van der Waals surface area contributed by atoms with Gasteiger partial charge in [-0.1, -0.05) is 0 Å². The molecule has 1 aliphatic rings. The fourth-order valence-corrected chi connectivity index (χ4v) is 1.63. The van der Waals surface area contributed by atoms with Gasteiger partial charge in [0.15, 0.2) is 0 Å². The van der Waals surface area contributed by atoms with Crippen molar-refractivity contribution < 1.29 is 14.9 Å². The zero-order chi connectivity index (χ0) is 9.52.